The molecule has 2 heterocycles. The molecule has 0 unspecified atom stereocenters. The van der Waals surface area contributed by atoms with Gasteiger partial charge in [0.05, 0.1) is 28.8 Å². The molecule has 2 aromatic heterocycles. The second-order valence-corrected chi connectivity index (χ2v) is 8.26. The summed E-state index contributed by atoms with van der Waals surface area (Å²) < 4.78 is 20.9. The van der Waals surface area contributed by atoms with Crippen molar-refractivity contribution >= 4 is 45.0 Å². The number of thioether (sulfide) groups is 1. The van der Waals surface area contributed by atoms with Crippen molar-refractivity contribution in [1.82, 2.24) is 14.8 Å². The Labute approximate surface area is 174 Å². The highest BCUT2D eigenvalue weighted by Gasteiger charge is 2.15. The molecule has 0 aliphatic rings. The van der Waals surface area contributed by atoms with Crippen LogP contribution in [0.1, 0.15) is 5.69 Å². The Hall–Kier alpha value is -2.91. The van der Waals surface area contributed by atoms with E-state index >= 15 is 0 Å². The summed E-state index contributed by atoms with van der Waals surface area (Å²) in [7, 11) is 1.61. The van der Waals surface area contributed by atoms with Gasteiger partial charge in [0, 0.05) is 17.0 Å². The normalized spacial score (nSPS) is 11.0. The van der Waals surface area contributed by atoms with Crippen molar-refractivity contribution in [2.45, 2.75) is 11.8 Å². The fraction of sp³-hybridized carbons (Fsp3) is 0.150. The number of fused-ring (bicyclic) bond motifs is 1. The van der Waals surface area contributed by atoms with E-state index in [2.05, 4.69) is 15.4 Å². The van der Waals surface area contributed by atoms with Gasteiger partial charge in [-0.2, -0.15) is 9.78 Å². The Morgan fingerprint density at radius 3 is 2.79 bits per heavy atom. The molecule has 1 N–H and O–H groups in total. The molecule has 0 spiro atoms. The molecule has 148 valence electrons. The number of anilines is 1. The number of halogens is 1. The lowest BCUT2D eigenvalue weighted by molar-refractivity contribution is -0.113. The number of carbonyl (C=O) groups excluding carboxylic acids is 1. The van der Waals surface area contributed by atoms with Crippen LogP contribution in [0, 0.1) is 12.7 Å². The number of nitrogens with zero attached hydrogens (tertiary/aromatic N) is 3. The standard InChI is InChI=1S/C20H17FN4O2S2/c1-12-9-18(23-19(26)11-28-15-6-3-13(21)4-7-15)25(24-12)20-22-16-10-14(27-2)5-8-17(16)29-20/h3-10H,11H2,1-2H3,(H,23,26). The van der Waals surface area contributed by atoms with Crippen molar-refractivity contribution in [3.05, 3.63) is 60.0 Å². The molecule has 0 aliphatic heterocycles. The molecule has 29 heavy (non-hydrogen) atoms. The van der Waals surface area contributed by atoms with Gasteiger partial charge in [0.2, 0.25) is 11.0 Å². The van der Waals surface area contributed by atoms with Crippen molar-refractivity contribution in [1.29, 1.82) is 0 Å². The number of benzene rings is 2. The van der Waals surface area contributed by atoms with Crippen molar-refractivity contribution in [3.63, 3.8) is 0 Å². The number of nitrogens with one attached hydrogen (secondary N) is 1. The van der Waals surface area contributed by atoms with E-state index in [0.717, 1.165) is 26.6 Å². The first-order chi connectivity index (χ1) is 14.0. The quantitative estimate of drug-likeness (QED) is 0.452. The SMILES string of the molecule is COc1ccc2sc(-n3nc(C)cc3NC(=O)CSc3ccc(F)cc3)nc2c1. The average molecular weight is 429 g/mol. The zero-order chi connectivity index (χ0) is 20.4. The van der Waals surface area contributed by atoms with E-state index in [4.69, 9.17) is 4.74 Å². The number of carbonyl (C=O) groups is 1. The lowest BCUT2D eigenvalue weighted by atomic mass is 10.3. The van der Waals surface area contributed by atoms with Gasteiger partial charge in [0.1, 0.15) is 17.4 Å². The molecule has 4 rings (SSSR count). The van der Waals surface area contributed by atoms with E-state index in [1.807, 2.05) is 25.1 Å². The Morgan fingerprint density at radius 2 is 2.03 bits per heavy atom. The summed E-state index contributed by atoms with van der Waals surface area (Å²) in [6.07, 6.45) is 0. The topological polar surface area (TPSA) is 69.0 Å². The minimum atomic E-state index is -0.299. The molecule has 2 aromatic carbocycles. The van der Waals surface area contributed by atoms with Gasteiger partial charge in [-0.15, -0.1) is 11.8 Å². The highest BCUT2D eigenvalue weighted by atomic mass is 32.2. The first kappa shape index (κ1) is 19.4. The second-order valence-electron chi connectivity index (χ2n) is 6.20. The second kappa shape index (κ2) is 8.22. The molecule has 1 amide bonds. The van der Waals surface area contributed by atoms with E-state index in [9.17, 15) is 9.18 Å². The minimum absolute atomic E-state index is 0.178. The van der Waals surface area contributed by atoms with E-state index in [1.165, 1.54) is 35.2 Å². The van der Waals surface area contributed by atoms with E-state index in [0.29, 0.717) is 10.9 Å². The number of rotatable bonds is 6. The molecule has 4 aromatic rings. The van der Waals surface area contributed by atoms with Gasteiger partial charge in [-0.1, -0.05) is 11.3 Å². The predicted octanol–water partition coefficient (Wildman–Crippen LogP) is 4.67. The zero-order valence-electron chi connectivity index (χ0n) is 15.7. The molecule has 0 bridgehead atoms. The molecule has 0 aliphatic carbocycles. The molecular weight excluding hydrogens is 411 g/mol. The maximum Gasteiger partial charge on any atom is 0.235 e. The van der Waals surface area contributed by atoms with Crippen LogP contribution in [0.3, 0.4) is 0 Å². The monoisotopic (exact) mass is 428 g/mol. The van der Waals surface area contributed by atoms with Crippen LogP contribution in [0.15, 0.2) is 53.4 Å². The number of ether oxygens (including phenoxy) is 1. The van der Waals surface area contributed by atoms with E-state index in [-0.39, 0.29) is 17.5 Å². The maximum absolute atomic E-state index is 13.0. The van der Waals surface area contributed by atoms with Crippen LogP contribution in [0.4, 0.5) is 10.2 Å². The third-order valence-electron chi connectivity index (χ3n) is 4.05. The Kier molecular flexibility index (Phi) is 5.50. The molecule has 9 heteroatoms. The average Bonchev–Trinajstić information content (AvgIpc) is 3.29. The van der Waals surface area contributed by atoms with Crippen molar-refractivity contribution in [2.24, 2.45) is 0 Å². The first-order valence-corrected chi connectivity index (χ1v) is 10.5. The molecular formula is C20H17FN4O2S2. The van der Waals surface area contributed by atoms with Gasteiger partial charge in [-0.3, -0.25) is 4.79 Å². The Morgan fingerprint density at radius 1 is 1.24 bits per heavy atom. The fourth-order valence-electron chi connectivity index (χ4n) is 2.71. The molecule has 0 atom stereocenters. The van der Waals surface area contributed by atoms with Crippen LogP contribution >= 0.6 is 23.1 Å². The van der Waals surface area contributed by atoms with Crippen LogP contribution in [0.5, 0.6) is 5.75 Å². The van der Waals surface area contributed by atoms with Crippen molar-refractivity contribution < 1.29 is 13.9 Å². The number of thiazole rings is 1. The smallest absolute Gasteiger partial charge is 0.235 e. The summed E-state index contributed by atoms with van der Waals surface area (Å²) in [4.78, 5) is 17.9. The number of amides is 1. The Bertz CT molecular complexity index is 1170. The van der Waals surface area contributed by atoms with Gasteiger partial charge in [-0.25, -0.2) is 9.37 Å². The number of aryl methyl sites for hydroxylation is 1. The number of hydrogen-bond acceptors (Lipinski definition) is 6. The number of aromatic nitrogens is 3. The van der Waals surface area contributed by atoms with E-state index in [1.54, 1.807) is 30.0 Å². The van der Waals surface area contributed by atoms with Crippen LogP contribution in [-0.2, 0) is 4.79 Å². The van der Waals surface area contributed by atoms with Gasteiger partial charge in [0.15, 0.2) is 0 Å². The first-order valence-electron chi connectivity index (χ1n) is 8.71. The van der Waals surface area contributed by atoms with Gasteiger partial charge < -0.3 is 10.1 Å². The summed E-state index contributed by atoms with van der Waals surface area (Å²) in [5.41, 5.74) is 1.57. The molecule has 0 radical (unpaired) electrons. The number of methoxy groups -OCH3 is 1. The third kappa shape index (κ3) is 4.41. The van der Waals surface area contributed by atoms with Crippen LogP contribution in [0.25, 0.3) is 15.3 Å². The summed E-state index contributed by atoms with van der Waals surface area (Å²) in [6.45, 7) is 1.86. The molecule has 0 saturated heterocycles. The lowest BCUT2D eigenvalue weighted by Crippen LogP contribution is -2.16. The van der Waals surface area contributed by atoms with Crippen molar-refractivity contribution in [3.8, 4) is 10.9 Å². The van der Waals surface area contributed by atoms with Crippen molar-refractivity contribution in [2.75, 3.05) is 18.2 Å². The van der Waals surface area contributed by atoms with E-state index < -0.39 is 0 Å². The van der Waals surface area contributed by atoms with Crippen LogP contribution in [0.2, 0.25) is 0 Å². The molecule has 0 fully saturated rings. The maximum atomic E-state index is 13.0. The molecule has 6 nitrogen and oxygen atoms in total. The lowest BCUT2D eigenvalue weighted by Gasteiger charge is -2.06. The highest BCUT2D eigenvalue weighted by Crippen LogP contribution is 2.30. The van der Waals surface area contributed by atoms with Crippen LogP contribution in [-0.4, -0.2) is 33.5 Å². The molecule has 0 saturated carbocycles. The minimum Gasteiger partial charge on any atom is -0.497 e. The van der Waals surface area contributed by atoms with Crippen LogP contribution < -0.4 is 10.1 Å². The summed E-state index contributed by atoms with van der Waals surface area (Å²) in [6, 6.07) is 13.5. The highest BCUT2D eigenvalue weighted by molar-refractivity contribution is 8.00. The number of hydrogen-bond donors (Lipinski definition) is 1. The largest absolute Gasteiger partial charge is 0.497 e. The Balaban J connectivity index is 1.52. The predicted molar refractivity (Wildman–Crippen MR) is 114 cm³/mol. The summed E-state index contributed by atoms with van der Waals surface area (Å²) >= 11 is 2.82. The van der Waals surface area contributed by atoms with Gasteiger partial charge >= 0.3 is 0 Å². The summed E-state index contributed by atoms with van der Waals surface area (Å²) in [5, 5.41) is 8.01. The van der Waals surface area contributed by atoms with Gasteiger partial charge in [-0.05, 0) is 43.3 Å². The fourth-order valence-corrected chi connectivity index (χ4v) is 4.32. The third-order valence-corrected chi connectivity index (χ3v) is 6.07. The zero-order valence-corrected chi connectivity index (χ0v) is 17.3. The summed E-state index contributed by atoms with van der Waals surface area (Å²) in [5.74, 6) is 1.01. The van der Waals surface area contributed by atoms with Gasteiger partial charge in [0.25, 0.3) is 0 Å².